The minimum atomic E-state index is -0.958. The van der Waals surface area contributed by atoms with E-state index in [9.17, 15) is 14.7 Å². The summed E-state index contributed by atoms with van der Waals surface area (Å²) in [4.78, 5) is 23.7. The van der Waals surface area contributed by atoms with E-state index in [1.807, 2.05) is 68.4 Å². The van der Waals surface area contributed by atoms with E-state index in [0.717, 1.165) is 11.1 Å². The molecule has 0 radical (unpaired) electrons. The molecule has 0 fully saturated rings. The molecule has 0 bridgehead atoms. The molecule has 0 heterocycles. The SMILES string of the molecule is Cc1ccc(NC(=O)C[C@@H](C(=O)O)[C@H](C)c2ccccc2)cc1. The highest BCUT2D eigenvalue weighted by Gasteiger charge is 2.28. The van der Waals surface area contributed by atoms with Gasteiger partial charge in [-0.3, -0.25) is 9.59 Å². The Balaban J connectivity index is 2.05. The third-order valence-corrected chi connectivity index (χ3v) is 3.99. The lowest BCUT2D eigenvalue weighted by atomic mass is 9.85. The fraction of sp³-hybridized carbons (Fsp3) is 0.263. The second kappa shape index (κ2) is 7.58. The van der Waals surface area contributed by atoms with Gasteiger partial charge in [-0.2, -0.15) is 0 Å². The number of carbonyl (C=O) groups excluding carboxylic acids is 1. The van der Waals surface area contributed by atoms with Gasteiger partial charge in [0.2, 0.25) is 5.91 Å². The van der Waals surface area contributed by atoms with E-state index in [0.29, 0.717) is 5.69 Å². The van der Waals surface area contributed by atoms with Gasteiger partial charge in [-0.05, 0) is 30.5 Å². The number of amides is 1. The van der Waals surface area contributed by atoms with Gasteiger partial charge in [-0.15, -0.1) is 0 Å². The lowest BCUT2D eigenvalue weighted by Gasteiger charge is -2.20. The van der Waals surface area contributed by atoms with Gasteiger partial charge in [-0.1, -0.05) is 55.0 Å². The van der Waals surface area contributed by atoms with Crippen LogP contribution >= 0.6 is 0 Å². The number of anilines is 1. The molecule has 0 aromatic heterocycles. The summed E-state index contributed by atoms with van der Waals surface area (Å²) in [5, 5.41) is 12.2. The van der Waals surface area contributed by atoms with Crippen molar-refractivity contribution in [3.8, 4) is 0 Å². The molecule has 0 unspecified atom stereocenters. The quantitative estimate of drug-likeness (QED) is 0.852. The molecule has 0 saturated carbocycles. The van der Waals surface area contributed by atoms with Crippen LogP contribution in [0.4, 0.5) is 5.69 Å². The molecule has 2 rings (SSSR count). The van der Waals surface area contributed by atoms with E-state index in [2.05, 4.69) is 5.32 Å². The summed E-state index contributed by atoms with van der Waals surface area (Å²) in [5.74, 6) is -2.25. The third-order valence-electron chi connectivity index (χ3n) is 3.99. The predicted molar refractivity (Wildman–Crippen MR) is 90.4 cm³/mol. The highest BCUT2D eigenvalue weighted by molar-refractivity contribution is 5.93. The third kappa shape index (κ3) is 4.68. The molecule has 2 aromatic rings. The molecule has 0 aliphatic rings. The zero-order chi connectivity index (χ0) is 16.8. The molecule has 4 heteroatoms. The number of aliphatic carboxylic acids is 1. The number of benzene rings is 2. The van der Waals surface area contributed by atoms with Crippen LogP contribution in [0.3, 0.4) is 0 Å². The number of rotatable bonds is 6. The first-order chi connectivity index (χ1) is 11.0. The molecule has 23 heavy (non-hydrogen) atoms. The van der Waals surface area contributed by atoms with Gasteiger partial charge in [0.05, 0.1) is 5.92 Å². The molecule has 2 N–H and O–H groups in total. The summed E-state index contributed by atoms with van der Waals surface area (Å²) in [5.41, 5.74) is 2.70. The second-order valence-corrected chi connectivity index (χ2v) is 5.76. The van der Waals surface area contributed by atoms with Gasteiger partial charge in [0, 0.05) is 12.1 Å². The van der Waals surface area contributed by atoms with Crippen LogP contribution in [0.2, 0.25) is 0 Å². The number of aryl methyl sites for hydroxylation is 1. The number of nitrogens with one attached hydrogen (secondary N) is 1. The molecule has 2 atom stereocenters. The van der Waals surface area contributed by atoms with Crippen molar-refractivity contribution in [2.45, 2.75) is 26.2 Å². The summed E-state index contributed by atoms with van der Waals surface area (Å²) in [6.07, 6.45) is -0.0563. The van der Waals surface area contributed by atoms with Crippen LogP contribution in [-0.4, -0.2) is 17.0 Å². The van der Waals surface area contributed by atoms with Crippen molar-refractivity contribution in [2.75, 3.05) is 5.32 Å². The molecule has 0 spiro atoms. The Morgan fingerprint density at radius 2 is 1.65 bits per heavy atom. The minimum absolute atomic E-state index is 0.0563. The predicted octanol–water partition coefficient (Wildman–Crippen LogP) is 3.83. The van der Waals surface area contributed by atoms with Gasteiger partial charge in [0.15, 0.2) is 0 Å². The Morgan fingerprint density at radius 3 is 2.22 bits per heavy atom. The first kappa shape index (κ1) is 16.7. The largest absolute Gasteiger partial charge is 0.481 e. The zero-order valence-corrected chi connectivity index (χ0v) is 13.3. The van der Waals surface area contributed by atoms with Crippen molar-refractivity contribution in [2.24, 2.45) is 5.92 Å². The Labute approximate surface area is 136 Å². The molecular formula is C19H21NO3. The average Bonchev–Trinajstić information content (AvgIpc) is 2.55. The Bertz CT molecular complexity index is 665. The number of hydrogen-bond acceptors (Lipinski definition) is 2. The van der Waals surface area contributed by atoms with Gasteiger partial charge >= 0.3 is 5.97 Å². The Kier molecular flexibility index (Phi) is 5.52. The van der Waals surface area contributed by atoms with Crippen molar-refractivity contribution in [3.05, 3.63) is 65.7 Å². The molecule has 0 saturated heterocycles. The van der Waals surface area contributed by atoms with Crippen LogP contribution in [-0.2, 0) is 9.59 Å². The molecule has 4 nitrogen and oxygen atoms in total. The molecule has 2 aromatic carbocycles. The fourth-order valence-corrected chi connectivity index (χ4v) is 2.52. The summed E-state index contributed by atoms with van der Waals surface area (Å²) in [7, 11) is 0. The maximum absolute atomic E-state index is 12.2. The van der Waals surface area contributed by atoms with Gasteiger partial charge < -0.3 is 10.4 Å². The lowest BCUT2D eigenvalue weighted by Crippen LogP contribution is -2.26. The van der Waals surface area contributed by atoms with Crippen LogP contribution in [0.25, 0.3) is 0 Å². The van der Waals surface area contributed by atoms with Crippen molar-refractivity contribution in [3.63, 3.8) is 0 Å². The van der Waals surface area contributed by atoms with Gasteiger partial charge in [-0.25, -0.2) is 0 Å². The smallest absolute Gasteiger partial charge is 0.307 e. The maximum atomic E-state index is 12.2. The van der Waals surface area contributed by atoms with E-state index >= 15 is 0 Å². The summed E-state index contributed by atoms with van der Waals surface area (Å²) < 4.78 is 0. The van der Waals surface area contributed by atoms with Crippen LogP contribution in [0, 0.1) is 12.8 Å². The molecule has 120 valence electrons. The highest BCUT2D eigenvalue weighted by Crippen LogP contribution is 2.27. The van der Waals surface area contributed by atoms with Gasteiger partial charge in [0.25, 0.3) is 0 Å². The van der Waals surface area contributed by atoms with Crippen molar-refractivity contribution in [1.82, 2.24) is 0 Å². The fourth-order valence-electron chi connectivity index (χ4n) is 2.52. The maximum Gasteiger partial charge on any atom is 0.307 e. The summed E-state index contributed by atoms with van der Waals surface area (Å²) >= 11 is 0. The molecular weight excluding hydrogens is 290 g/mol. The van der Waals surface area contributed by atoms with Crippen LogP contribution in [0.1, 0.15) is 30.4 Å². The Morgan fingerprint density at radius 1 is 1.04 bits per heavy atom. The normalized spacial score (nSPS) is 13.1. The first-order valence-corrected chi connectivity index (χ1v) is 7.61. The standard InChI is InChI=1S/C19H21NO3/c1-13-8-10-16(11-9-13)20-18(21)12-17(19(22)23)14(2)15-6-4-3-5-7-15/h3-11,14,17H,12H2,1-2H3,(H,20,21)(H,22,23)/t14-,17-/m1/s1. The molecule has 1 amide bonds. The van der Waals surface area contributed by atoms with E-state index in [1.54, 1.807) is 0 Å². The number of carboxylic acids is 1. The average molecular weight is 311 g/mol. The Hall–Kier alpha value is -2.62. The van der Waals surface area contributed by atoms with Crippen LogP contribution in [0.5, 0.6) is 0 Å². The number of hydrogen-bond donors (Lipinski definition) is 2. The second-order valence-electron chi connectivity index (χ2n) is 5.76. The minimum Gasteiger partial charge on any atom is -0.481 e. The number of carboxylic acid groups (broad SMARTS) is 1. The molecule has 0 aliphatic heterocycles. The zero-order valence-electron chi connectivity index (χ0n) is 13.3. The van der Waals surface area contributed by atoms with E-state index in [1.165, 1.54) is 0 Å². The van der Waals surface area contributed by atoms with Crippen molar-refractivity contribution < 1.29 is 14.7 Å². The van der Waals surface area contributed by atoms with Crippen LogP contribution < -0.4 is 5.32 Å². The van der Waals surface area contributed by atoms with Crippen LogP contribution in [0.15, 0.2) is 54.6 Å². The topological polar surface area (TPSA) is 66.4 Å². The van der Waals surface area contributed by atoms with E-state index in [4.69, 9.17) is 0 Å². The van der Waals surface area contributed by atoms with Crippen molar-refractivity contribution in [1.29, 1.82) is 0 Å². The van der Waals surface area contributed by atoms with E-state index < -0.39 is 11.9 Å². The summed E-state index contributed by atoms with van der Waals surface area (Å²) in [6.45, 7) is 3.81. The number of carbonyl (C=O) groups is 2. The lowest BCUT2D eigenvalue weighted by molar-refractivity contribution is -0.144. The van der Waals surface area contributed by atoms with Gasteiger partial charge in [0.1, 0.15) is 0 Å². The summed E-state index contributed by atoms with van der Waals surface area (Å²) in [6, 6.07) is 16.8. The molecule has 0 aliphatic carbocycles. The highest BCUT2D eigenvalue weighted by atomic mass is 16.4. The monoisotopic (exact) mass is 311 g/mol. The van der Waals surface area contributed by atoms with Crippen molar-refractivity contribution >= 4 is 17.6 Å². The first-order valence-electron chi connectivity index (χ1n) is 7.61. The van der Waals surface area contributed by atoms with E-state index in [-0.39, 0.29) is 18.2 Å².